The van der Waals surface area contributed by atoms with E-state index in [0.717, 1.165) is 30.4 Å². The molecule has 29 heavy (non-hydrogen) atoms. The van der Waals surface area contributed by atoms with Crippen molar-refractivity contribution in [3.63, 3.8) is 0 Å². The van der Waals surface area contributed by atoms with Crippen LogP contribution in [0.15, 0.2) is 60.8 Å². The number of rotatable bonds is 8. The smallest absolute Gasteiger partial charge is 0.274 e. The summed E-state index contributed by atoms with van der Waals surface area (Å²) < 4.78 is 0. The quantitative estimate of drug-likeness (QED) is 0.617. The van der Waals surface area contributed by atoms with E-state index in [2.05, 4.69) is 34.4 Å². The summed E-state index contributed by atoms with van der Waals surface area (Å²) in [6.07, 6.45) is 1.63. The monoisotopic (exact) mass is 390 g/mol. The van der Waals surface area contributed by atoms with Crippen LogP contribution in [0, 0.1) is 0 Å². The van der Waals surface area contributed by atoms with Gasteiger partial charge in [0.05, 0.1) is 0 Å². The Balaban J connectivity index is 1.61. The number of hydrogen-bond acceptors (Lipinski definition) is 4. The van der Waals surface area contributed by atoms with Gasteiger partial charge in [0.15, 0.2) is 0 Å². The molecular weight excluding hydrogens is 364 g/mol. The van der Waals surface area contributed by atoms with Crippen LogP contribution < -0.4 is 10.6 Å². The van der Waals surface area contributed by atoms with E-state index < -0.39 is 0 Å². The van der Waals surface area contributed by atoms with Crippen molar-refractivity contribution in [1.82, 2.24) is 15.2 Å². The van der Waals surface area contributed by atoms with Crippen LogP contribution in [-0.4, -0.2) is 47.9 Å². The zero-order valence-electron chi connectivity index (χ0n) is 16.8. The highest BCUT2D eigenvalue weighted by atomic mass is 16.2. The van der Waals surface area contributed by atoms with Crippen molar-refractivity contribution in [2.75, 3.05) is 31.5 Å². The van der Waals surface area contributed by atoms with E-state index in [9.17, 15) is 9.59 Å². The molecule has 0 fully saturated rings. The second-order valence-corrected chi connectivity index (χ2v) is 6.69. The SMILES string of the molecule is CCN(CC)CCNC(=O)c1ccc(NC(=O)c2nccc3ccccc23)cc1. The molecule has 0 saturated heterocycles. The summed E-state index contributed by atoms with van der Waals surface area (Å²) >= 11 is 0. The van der Waals surface area contributed by atoms with E-state index in [1.54, 1.807) is 30.5 Å². The molecule has 0 radical (unpaired) electrons. The molecule has 0 unspecified atom stereocenters. The number of anilines is 1. The zero-order chi connectivity index (χ0) is 20.6. The van der Waals surface area contributed by atoms with E-state index >= 15 is 0 Å². The molecule has 0 aliphatic heterocycles. The molecule has 2 amide bonds. The maximum atomic E-state index is 12.7. The lowest BCUT2D eigenvalue weighted by atomic mass is 10.1. The molecule has 0 atom stereocenters. The largest absolute Gasteiger partial charge is 0.351 e. The van der Waals surface area contributed by atoms with Gasteiger partial charge in [0.1, 0.15) is 5.69 Å². The molecule has 3 rings (SSSR count). The van der Waals surface area contributed by atoms with Crippen molar-refractivity contribution in [1.29, 1.82) is 0 Å². The van der Waals surface area contributed by atoms with Crippen LogP contribution >= 0.6 is 0 Å². The van der Waals surface area contributed by atoms with Crippen molar-refractivity contribution < 1.29 is 9.59 Å². The Bertz CT molecular complexity index is 976. The summed E-state index contributed by atoms with van der Waals surface area (Å²) in [5.41, 5.74) is 1.55. The molecule has 6 heteroatoms. The standard InChI is InChI=1S/C23H26N4O2/c1-3-27(4-2)16-15-25-22(28)18-9-11-19(12-10-18)26-23(29)21-20-8-6-5-7-17(20)13-14-24-21/h5-14H,3-4,15-16H2,1-2H3,(H,25,28)(H,26,29). The highest BCUT2D eigenvalue weighted by Gasteiger charge is 2.12. The van der Waals surface area contributed by atoms with Crippen LogP contribution in [0.1, 0.15) is 34.7 Å². The van der Waals surface area contributed by atoms with Gasteiger partial charge in [-0.1, -0.05) is 38.1 Å². The molecule has 2 N–H and O–H groups in total. The Kier molecular flexibility index (Phi) is 6.92. The van der Waals surface area contributed by atoms with E-state index in [1.165, 1.54) is 0 Å². The van der Waals surface area contributed by atoms with Gasteiger partial charge in [0.2, 0.25) is 0 Å². The molecule has 0 saturated carbocycles. The molecule has 2 aromatic carbocycles. The fourth-order valence-electron chi connectivity index (χ4n) is 3.17. The van der Waals surface area contributed by atoms with Crippen molar-refractivity contribution in [2.45, 2.75) is 13.8 Å². The predicted molar refractivity (Wildman–Crippen MR) is 116 cm³/mol. The van der Waals surface area contributed by atoms with Crippen molar-refractivity contribution in [2.24, 2.45) is 0 Å². The third kappa shape index (κ3) is 5.18. The summed E-state index contributed by atoms with van der Waals surface area (Å²) in [5.74, 6) is -0.399. The van der Waals surface area contributed by atoms with Crippen molar-refractivity contribution in [3.8, 4) is 0 Å². The van der Waals surface area contributed by atoms with Crippen LogP contribution in [0.25, 0.3) is 10.8 Å². The van der Waals surface area contributed by atoms with Gasteiger partial charge < -0.3 is 15.5 Å². The van der Waals surface area contributed by atoms with E-state index in [-0.39, 0.29) is 11.8 Å². The molecule has 150 valence electrons. The van der Waals surface area contributed by atoms with Crippen LogP contribution in [0.5, 0.6) is 0 Å². The van der Waals surface area contributed by atoms with Crippen LogP contribution in [-0.2, 0) is 0 Å². The number of likely N-dealkylation sites (N-methyl/N-ethyl adjacent to an activating group) is 1. The van der Waals surface area contributed by atoms with Crippen LogP contribution in [0.2, 0.25) is 0 Å². The van der Waals surface area contributed by atoms with Gasteiger partial charge in [-0.15, -0.1) is 0 Å². The summed E-state index contributed by atoms with van der Waals surface area (Å²) in [5, 5.41) is 7.54. The fraction of sp³-hybridized carbons (Fsp3) is 0.261. The topological polar surface area (TPSA) is 74.3 Å². The number of carbonyl (C=O) groups is 2. The molecule has 6 nitrogen and oxygen atoms in total. The van der Waals surface area contributed by atoms with Gasteiger partial charge in [-0.3, -0.25) is 14.6 Å². The molecule has 1 heterocycles. The number of carbonyl (C=O) groups excluding carboxylic acids is 2. The predicted octanol–water partition coefficient (Wildman–Crippen LogP) is 3.56. The van der Waals surface area contributed by atoms with E-state index in [4.69, 9.17) is 0 Å². The normalized spacial score (nSPS) is 10.9. The molecule has 0 spiro atoms. The van der Waals surface area contributed by atoms with Crippen LogP contribution in [0.3, 0.4) is 0 Å². The first kappa shape index (κ1) is 20.5. The van der Waals surface area contributed by atoms with Gasteiger partial charge >= 0.3 is 0 Å². The number of hydrogen-bond donors (Lipinski definition) is 2. The van der Waals surface area contributed by atoms with Crippen molar-refractivity contribution in [3.05, 3.63) is 72.1 Å². The Morgan fingerprint density at radius 2 is 1.66 bits per heavy atom. The van der Waals surface area contributed by atoms with Gasteiger partial charge in [0, 0.05) is 35.9 Å². The van der Waals surface area contributed by atoms with Gasteiger partial charge in [-0.2, -0.15) is 0 Å². The number of nitrogens with one attached hydrogen (secondary N) is 2. The highest BCUT2D eigenvalue weighted by molar-refractivity contribution is 6.11. The third-order valence-electron chi connectivity index (χ3n) is 4.90. The van der Waals surface area contributed by atoms with Gasteiger partial charge in [-0.25, -0.2) is 0 Å². The van der Waals surface area contributed by atoms with Crippen molar-refractivity contribution >= 4 is 28.3 Å². The maximum Gasteiger partial charge on any atom is 0.274 e. The molecule has 0 aliphatic carbocycles. The van der Waals surface area contributed by atoms with E-state index in [1.807, 2.05) is 30.3 Å². The first-order chi connectivity index (χ1) is 14.1. The van der Waals surface area contributed by atoms with Crippen LogP contribution in [0.4, 0.5) is 5.69 Å². The summed E-state index contributed by atoms with van der Waals surface area (Å²) in [6.45, 7) is 7.56. The first-order valence-electron chi connectivity index (χ1n) is 9.88. The summed E-state index contributed by atoms with van der Waals surface area (Å²) in [4.78, 5) is 31.4. The number of nitrogens with zero attached hydrogens (tertiary/aromatic N) is 2. The minimum atomic E-state index is -0.279. The van der Waals surface area contributed by atoms with E-state index in [0.29, 0.717) is 23.5 Å². The fourth-order valence-corrected chi connectivity index (χ4v) is 3.17. The Morgan fingerprint density at radius 1 is 0.931 bits per heavy atom. The molecule has 0 aliphatic rings. The number of aromatic nitrogens is 1. The average Bonchev–Trinajstić information content (AvgIpc) is 2.76. The molecule has 3 aromatic rings. The van der Waals surface area contributed by atoms with Gasteiger partial charge in [0.25, 0.3) is 11.8 Å². The minimum absolute atomic E-state index is 0.120. The first-order valence-corrected chi connectivity index (χ1v) is 9.88. The Hall–Kier alpha value is -3.25. The summed E-state index contributed by atoms with van der Waals surface area (Å²) in [7, 11) is 0. The number of pyridine rings is 1. The zero-order valence-corrected chi connectivity index (χ0v) is 16.8. The second kappa shape index (κ2) is 9.80. The summed E-state index contributed by atoms with van der Waals surface area (Å²) in [6, 6.07) is 16.4. The highest BCUT2D eigenvalue weighted by Crippen LogP contribution is 2.18. The molecule has 0 bridgehead atoms. The molecular formula is C23H26N4O2. The number of benzene rings is 2. The number of fused-ring (bicyclic) bond motifs is 1. The average molecular weight is 390 g/mol. The second-order valence-electron chi connectivity index (χ2n) is 6.69. The molecule has 1 aromatic heterocycles. The number of amides is 2. The minimum Gasteiger partial charge on any atom is -0.351 e. The lowest BCUT2D eigenvalue weighted by Gasteiger charge is -2.18. The maximum absolute atomic E-state index is 12.7. The Morgan fingerprint density at radius 3 is 2.38 bits per heavy atom. The third-order valence-corrected chi connectivity index (χ3v) is 4.90. The Labute approximate surface area is 170 Å². The lowest BCUT2D eigenvalue weighted by Crippen LogP contribution is -2.34. The van der Waals surface area contributed by atoms with Gasteiger partial charge in [-0.05, 0) is 48.8 Å². The lowest BCUT2D eigenvalue weighted by molar-refractivity contribution is 0.0948.